The van der Waals surface area contributed by atoms with Crippen LogP contribution >= 0.6 is 0 Å². The van der Waals surface area contributed by atoms with Crippen LogP contribution in [0.4, 0.5) is 0 Å². The maximum absolute atomic E-state index is 12.3. The zero-order valence-electron chi connectivity index (χ0n) is 14.6. The molecule has 1 aliphatic heterocycles. The standard InChI is InChI=1S/C17H30N4O2/c1-13(2)15-10-16(20(3)19-15)17(23)18-11-14(22)12-21-8-6-4-5-7-9-21/h10,13-14,22H,4-9,11-12H2,1-3H3,(H,18,23)/t14-/m0/s1. The summed E-state index contributed by atoms with van der Waals surface area (Å²) < 4.78 is 1.60. The number of rotatable bonds is 6. The highest BCUT2D eigenvalue weighted by molar-refractivity contribution is 5.92. The van der Waals surface area contributed by atoms with E-state index in [9.17, 15) is 9.90 Å². The van der Waals surface area contributed by atoms with E-state index in [-0.39, 0.29) is 18.4 Å². The number of hydrogen-bond acceptors (Lipinski definition) is 4. The van der Waals surface area contributed by atoms with Crippen molar-refractivity contribution in [1.29, 1.82) is 0 Å². The molecule has 6 nitrogen and oxygen atoms in total. The van der Waals surface area contributed by atoms with Gasteiger partial charge < -0.3 is 15.3 Å². The Balaban J connectivity index is 1.81. The number of hydrogen-bond donors (Lipinski definition) is 2. The van der Waals surface area contributed by atoms with E-state index in [1.165, 1.54) is 25.7 Å². The molecule has 1 amide bonds. The normalized spacial score (nSPS) is 18.0. The first-order chi connectivity index (χ1) is 11.0. The number of aliphatic hydroxyl groups excluding tert-OH is 1. The summed E-state index contributed by atoms with van der Waals surface area (Å²) in [5, 5.41) is 17.3. The van der Waals surface area contributed by atoms with E-state index in [1.54, 1.807) is 11.7 Å². The number of β-amino-alcohol motifs (C(OH)–C–C–N with tert-alkyl or cyclic N) is 1. The lowest BCUT2D eigenvalue weighted by atomic mass is 10.1. The van der Waals surface area contributed by atoms with Crippen molar-refractivity contribution >= 4 is 5.91 Å². The molecular formula is C17H30N4O2. The number of nitrogens with zero attached hydrogens (tertiary/aromatic N) is 3. The monoisotopic (exact) mass is 322 g/mol. The van der Waals surface area contributed by atoms with Crippen LogP contribution in [0.2, 0.25) is 0 Å². The first-order valence-electron chi connectivity index (χ1n) is 8.70. The van der Waals surface area contributed by atoms with E-state index in [0.717, 1.165) is 18.8 Å². The molecule has 0 radical (unpaired) electrons. The van der Waals surface area contributed by atoms with E-state index in [1.807, 2.05) is 6.07 Å². The second-order valence-electron chi connectivity index (χ2n) is 6.81. The van der Waals surface area contributed by atoms with Crippen LogP contribution in [-0.4, -0.2) is 58.0 Å². The summed E-state index contributed by atoms with van der Waals surface area (Å²) in [5.74, 6) is 0.109. The molecule has 1 aromatic rings. The molecule has 2 heterocycles. The number of aliphatic hydroxyl groups is 1. The van der Waals surface area contributed by atoms with Crippen LogP contribution in [-0.2, 0) is 7.05 Å². The fraction of sp³-hybridized carbons (Fsp3) is 0.765. The second kappa shape index (κ2) is 8.45. The van der Waals surface area contributed by atoms with Gasteiger partial charge in [0.25, 0.3) is 5.91 Å². The Morgan fingerprint density at radius 3 is 2.52 bits per heavy atom. The number of carbonyl (C=O) groups excluding carboxylic acids is 1. The maximum atomic E-state index is 12.3. The van der Waals surface area contributed by atoms with Gasteiger partial charge in [-0.25, -0.2) is 0 Å². The Labute approximate surface area is 138 Å². The summed E-state index contributed by atoms with van der Waals surface area (Å²) in [6.45, 7) is 7.10. The molecule has 1 fully saturated rings. The quantitative estimate of drug-likeness (QED) is 0.833. The molecule has 0 aliphatic carbocycles. The van der Waals surface area contributed by atoms with Crippen LogP contribution in [0.5, 0.6) is 0 Å². The Morgan fingerprint density at radius 2 is 1.96 bits per heavy atom. The third-order valence-electron chi connectivity index (χ3n) is 4.39. The lowest BCUT2D eigenvalue weighted by Gasteiger charge is -2.23. The Bertz CT molecular complexity index is 505. The fourth-order valence-electron chi connectivity index (χ4n) is 2.97. The SMILES string of the molecule is CC(C)c1cc(C(=O)NC[C@H](O)CN2CCCCCC2)n(C)n1. The number of nitrogens with one attached hydrogen (secondary N) is 1. The molecule has 0 bridgehead atoms. The third kappa shape index (κ3) is 5.32. The average Bonchev–Trinajstić information content (AvgIpc) is 2.72. The predicted octanol–water partition coefficient (Wildman–Crippen LogP) is 1.51. The van der Waals surface area contributed by atoms with Crippen LogP contribution in [0.25, 0.3) is 0 Å². The van der Waals surface area contributed by atoms with E-state index in [2.05, 4.69) is 29.2 Å². The minimum Gasteiger partial charge on any atom is -0.390 e. The van der Waals surface area contributed by atoms with Gasteiger partial charge >= 0.3 is 0 Å². The summed E-state index contributed by atoms with van der Waals surface area (Å²) in [6, 6.07) is 1.82. The van der Waals surface area contributed by atoms with Gasteiger partial charge in [0.15, 0.2) is 0 Å². The Morgan fingerprint density at radius 1 is 1.30 bits per heavy atom. The molecule has 23 heavy (non-hydrogen) atoms. The number of aromatic nitrogens is 2. The number of amides is 1. The average molecular weight is 322 g/mol. The molecule has 2 rings (SSSR count). The summed E-state index contributed by atoms with van der Waals surface area (Å²) in [6.07, 6.45) is 4.43. The van der Waals surface area contributed by atoms with Crippen molar-refractivity contribution in [3.63, 3.8) is 0 Å². The van der Waals surface area contributed by atoms with Crippen LogP contribution in [0.1, 0.15) is 61.6 Å². The van der Waals surface area contributed by atoms with Gasteiger partial charge in [-0.1, -0.05) is 26.7 Å². The number of carbonyl (C=O) groups is 1. The molecule has 0 unspecified atom stereocenters. The van der Waals surface area contributed by atoms with Crippen molar-refractivity contribution in [3.05, 3.63) is 17.5 Å². The first kappa shape index (κ1) is 17.9. The van der Waals surface area contributed by atoms with E-state index in [4.69, 9.17) is 0 Å². The Hall–Kier alpha value is -1.40. The molecular weight excluding hydrogens is 292 g/mol. The van der Waals surface area contributed by atoms with E-state index < -0.39 is 6.10 Å². The van der Waals surface area contributed by atoms with E-state index >= 15 is 0 Å². The minimum absolute atomic E-state index is 0.179. The Kier molecular flexibility index (Phi) is 6.59. The molecule has 1 aliphatic rings. The predicted molar refractivity (Wildman–Crippen MR) is 90.5 cm³/mol. The van der Waals surface area contributed by atoms with Crippen LogP contribution in [0, 0.1) is 0 Å². The lowest BCUT2D eigenvalue weighted by Crippen LogP contribution is -2.40. The van der Waals surface area contributed by atoms with Gasteiger partial charge in [-0.05, 0) is 37.9 Å². The first-order valence-corrected chi connectivity index (χ1v) is 8.70. The summed E-state index contributed by atoms with van der Waals surface area (Å²) in [5.41, 5.74) is 1.44. The molecule has 6 heteroatoms. The molecule has 0 spiro atoms. The number of aryl methyl sites for hydroxylation is 1. The maximum Gasteiger partial charge on any atom is 0.269 e. The minimum atomic E-state index is -0.533. The van der Waals surface area contributed by atoms with E-state index in [0.29, 0.717) is 12.2 Å². The zero-order chi connectivity index (χ0) is 16.8. The molecule has 0 aromatic carbocycles. The van der Waals surface area contributed by atoms with Gasteiger partial charge in [0.05, 0.1) is 11.8 Å². The highest BCUT2D eigenvalue weighted by Crippen LogP contribution is 2.13. The molecule has 130 valence electrons. The van der Waals surface area contributed by atoms with Gasteiger partial charge in [-0.3, -0.25) is 9.48 Å². The third-order valence-corrected chi connectivity index (χ3v) is 4.39. The van der Waals surface area contributed by atoms with Gasteiger partial charge in [-0.2, -0.15) is 5.10 Å². The molecule has 1 saturated heterocycles. The molecule has 1 atom stereocenters. The highest BCUT2D eigenvalue weighted by atomic mass is 16.3. The zero-order valence-corrected chi connectivity index (χ0v) is 14.6. The van der Waals surface area contributed by atoms with Crippen LogP contribution in [0.15, 0.2) is 6.07 Å². The van der Waals surface area contributed by atoms with Crippen molar-refractivity contribution in [3.8, 4) is 0 Å². The van der Waals surface area contributed by atoms with Crippen molar-refractivity contribution in [2.24, 2.45) is 7.05 Å². The summed E-state index contributed by atoms with van der Waals surface area (Å²) in [7, 11) is 1.77. The van der Waals surface area contributed by atoms with Crippen molar-refractivity contribution in [2.45, 2.75) is 51.6 Å². The van der Waals surface area contributed by atoms with Gasteiger partial charge in [0.1, 0.15) is 5.69 Å². The van der Waals surface area contributed by atoms with Gasteiger partial charge in [-0.15, -0.1) is 0 Å². The van der Waals surface area contributed by atoms with Crippen LogP contribution in [0.3, 0.4) is 0 Å². The molecule has 1 aromatic heterocycles. The largest absolute Gasteiger partial charge is 0.390 e. The number of likely N-dealkylation sites (tertiary alicyclic amines) is 1. The highest BCUT2D eigenvalue weighted by Gasteiger charge is 2.17. The lowest BCUT2D eigenvalue weighted by molar-refractivity contribution is 0.0854. The second-order valence-corrected chi connectivity index (χ2v) is 6.81. The smallest absolute Gasteiger partial charge is 0.269 e. The summed E-state index contributed by atoms with van der Waals surface area (Å²) in [4.78, 5) is 14.6. The molecule has 0 saturated carbocycles. The van der Waals surface area contributed by atoms with Crippen molar-refractivity contribution in [1.82, 2.24) is 20.0 Å². The topological polar surface area (TPSA) is 70.4 Å². The van der Waals surface area contributed by atoms with Crippen LogP contribution < -0.4 is 5.32 Å². The van der Waals surface area contributed by atoms with Gasteiger partial charge in [0, 0.05) is 20.1 Å². The molecule has 2 N–H and O–H groups in total. The van der Waals surface area contributed by atoms with Crippen molar-refractivity contribution < 1.29 is 9.90 Å². The van der Waals surface area contributed by atoms with Gasteiger partial charge in [0.2, 0.25) is 0 Å². The summed E-state index contributed by atoms with van der Waals surface area (Å²) >= 11 is 0. The fourth-order valence-corrected chi connectivity index (χ4v) is 2.97. The van der Waals surface area contributed by atoms with Crippen molar-refractivity contribution in [2.75, 3.05) is 26.2 Å².